The lowest BCUT2D eigenvalue weighted by molar-refractivity contribution is 0.186. The molecule has 1 N–H and O–H groups in total. The average molecular weight is 305 g/mol. The summed E-state index contributed by atoms with van der Waals surface area (Å²) in [7, 11) is 0. The van der Waals surface area contributed by atoms with Crippen molar-refractivity contribution in [1.82, 2.24) is 9.88 Å². The predicted molar refractivity (Wildman–Crippen MR) is 89.4 cm³/mol. The topological polar surface area (TPSA) is 39.6 Å². The Morgan fingerprint density at radius 1 is 1.29 bits per heavy atom. The summed E-state index contributed by atoms with van der Waals surface area (Å²) in [6.07, 6.45) is 2.40. The molecule has 0 amide bonds. The van der Waals surface area contributed by atoms with Gasteiger partial charge in [0.15, 0.2) is 5.13 Å². The summed E-state index contributed by atoms with van der Waals surface area (Å²) < 4.78 is 1.07. The number of hydrogen-bond donors (Lipinski definition) is 1. The number of para-hydroxylation sites is 1. The average Bonchev–Trinajstić information content (AvgIpc) is 2.95. The SMILES string of the molecule is CCN(CC)C1CCN(c2nc3c(O)cccc3s2)CC1. The molecule has 0 unspecified atom stereocenters. The number of fused-ring (bicyclic) bond motifs is 1. The first-order valence-electron chi connectivity index (χ1n) is 7.80. The van der Waals surface area contributed by atoms with Gasteiger partial charge >= 0.3 is 0 Å². The van der Waals surface area contributed by atoms with Gasteiger partial charge in [-0.25, -0.2) is 4.98 Å². The maximum Gasteiger partial charge on any atom is 0.186 e. The Balaban J connectivity index is 1.72. The summed E-state index contributed by atoms with van der Waals surface area (Å²) in [5, 5.41) is 10.9. The van der Waals surface area contributed by atoms with E-state index in [9.17, 15) is 5.11 Å². The van der Waals surface area contributed by atoms with Crippen LogP contribution < -0.4 is 4.90 Å². The molecule has 0 radical (unpaired) electrons. The molecule has 0 saturated carbocycles. The van der Waals surface area contributed by atoms with Gasteiger partial charge in [-0.2, -0.15) is 0 Å². The van der Waals surface area contributed by atoms with E-state index in [1.807, 2.05) is 12.1 Å². The highest BCUT2D eigenvalue weighted by Gasteiger charge is 2.24. The molecule has 4 nitrogen and oxygen atoms in total. The number of aromatic nitrogens is 1. The van der Waals surface area contributed by atoms with Crippen LogP contribution in [-0.4, -0.2) is 47.2 Å². The molecule has 5 heteroatoms. The van der Waals surface area contributed by atoms with E-state index >= 15 is 0 Å². The molecular formula is C16H23N3OS. The van der Waals surface area contributed by atoms with E-state index in [4.69, 9.17) is 0 Å². The Labute approximate surface area is 130 Å². The van der Waals surface area contributed by atoms with E-state index in [1.165, 1.54) is 12.8 Å². The molecule has 1 aromatic carbocycles. The van der Waals surface area contributed by atoms with E-state index < -0.39 is 0 Å². The first-order chi connectivity index (χ1) is 10.2. The molecule has 0 bridgehead atoms. The van der Waals surface area contributed by atoms with Crippen molar-refractivity contribution < 1.29 is 5.11 Å². The van der Waals surface area contributed by atoms with Crippen LogP contribution in [0.15, 0.2) is 18.2 Å². The number of piperidine rings is 1. The number of nitrogens with zero attached hydrogens (tertiary/aromatic N) is 3. The number of benzene rings is 1. The second-order valence-electron chi connectivity index (χ2n) is 5.56. The van der Waals surface area contributed by atoms with Gasteiger partial charge in [0, 0.05) is 19.1 Å². The molecule has 0 spiro atoms. The maximum atomic E-state index is 9.88. The lowest BCUT2D eigenvalue weighted by atomic mass is 10.0. The van der Waals surface area contributed by atoms with Crippen LogP contribution in [0.2, 0.25) is 0 Å². The van der Waals surface area contributed by atoms with Crippen molar-refractivity contribution >= 4 is 26.7 Å². The number of phenols is 1. The fourth-order valence-electron chi connectivity index (χ4n) is 3.22. The van der Waals surface area contributed by atoms with Crippen LogP contribution in [-0.2, 0) is 0 Å². The second kappa shape index (κ2) is 6.20. The van der Waals surface area contributed by atoms with Gasteiger partial charge in [-0.3, -0.25) is 0 Å². The molecule has 2 aromatic rings. The van der Waals surface area contributed by atoms with Crippen molar-refractivity contribution in [3.63, 3.8) is 0 Å². The Morgan fingerprint density at radius 2 is 2.00 bits per heavy atom. The first-order valence-corrected chi connectivity index (χ1v) is 8.62. The number of aromatic hydroxyl groups is 1. The van der Waals surface area contributed by atoms with Crippen molar-refractivity contribution in [2.45, 2.75) is 32.7 Å². The molecular weight excluding hydrogens is 282 g/mol. The van der Waals surface area contributed by atoms with Gasteiger partial charge in [-0.15, -0.1) is 0 Å². The first kappa shape index (κ1) is 14.6. The molecule has 114 valence electrons. The zero-order valence-electron chi connectivity index (χ0n) is 12.7. The van der Waals surface area contributed by atoms with E-state index in [1.54, 1.807) is 17.4 Å². The zero-order valence-corrected chi connectivity index (χ0v) is 13.6. The molecule has 1 saturated heterocycles. The van der Waals surface area contributed by atoms with Gasteiger partial charge in [-0.1, -0.05) is 31.3 Å². The van der Waals surface area contributed by atoms with Gasteiger partial charge in [0.2, 0.25) is 0 Å². The van der Waals surface area contributed by atoms with Gasteiger partial charge in [0.25, 0.3) is 0 Å². The standard InChI is InChI=1S/C16H23N3OS/c1-3-18(4-2)12-8-10-19(11-9-12)16-17-15-13(20)6-5-7-14(15)21-16/h5-7,12,20H,3-4,8-11H2,1-2H3. The fraction of sp³-hybridized carbons (Fsp3) is 0.562. The Hall–Kier alpha value is -1.33. The monoisotopic (exact) mass is 305 g/mol. The van der Waals surface area contributed by atoms with E-state index in [0.29, 0.717) is 6.04 Å². The summed E-state index contributed by atoms with van der Waals surface area (Å²) in [6.45, 7) is 8.87. The van der Waals surface area contributed by atoms with Crippen molar-refractivity contribution in [1.29, 1.82) is 0 Å². The summed E-state index contributed by atoms with van der Waals surface area (Å²) in [5.74, 6) is 0.285. The highest BCUT2D eigenvalue weighted by atomic mass is 32.1. The zero-order chi connectivity index (χ0) is 14.8. The molecule has 2 heterocycles. The molecule has 3 rings (SSSR count). The van der Waals surface area contributed by atoms with Crippen molar-refractivity contribution in [3.05, 3.63) is 18.2 Å². The molecule has 1 aliphatic rings. The van der Waals surface area contributed by atoms with Crippen LogP contribution >= 0.6 is 11.3 Å². The Morgan fingerprint density at radius 3 is 2.62 bits per heavy atom. The van der Waals surface area contributed by atoms with Crippen molar-refractivity contribution in [3.8, 4) is 5.75 Å². The molecule has 1 aliphatic heterocycles. The molecule has 0 atom stereocenters. The molecule has 1 fully saturated rings. The van der Waals surface area contributed by atoms with Crippen LogP contribution in [0.25, 0.3) is 10.2 Å². The molecule has 21 heavy (non-hydrogen) atoms. The minimum Gasteiger partial charge on any atom is -0.506 e. The third-order valence-corrected chi connectivity index (χ3v) is 5.53. The van der Waals surface area contributed by atoms with Gasteiger partial charge in [-0.05, 0) is 38.1 Å². The van der Waals surface area contributed by atoms with Crippen LogP contribution in [0.5, 0.6) is 5.75 Å². The van der Waals surface area contributed by atoms with E-state index in [0.717, 1.165) is 41.5 Å². The summed E-state index contributed by atoms with van der Waals surface area (Å²) in [4.78, 5) is 9.55. The lowest BCUT2D eigenvalue weighted by Gasteiger charge is -2.37. The fourth-order valence-corrected chi connectivity index (χ4v) is 4.26. The normalized spacial score (nSPS) is 17.0. The molecule has 0 aliphatic carbocycles. The number of rotatable bonds is 4. The van der Waals surface area contributed by atoms with Crippen molar-refractivity contribution in [2.75, 3.05) is 31.1 Å². The Bertz CT molecular complexity index is 601. The van der Waals surface area contributed by atoms with Crippen LogP contribution in [0.4, 0.5) is 5.13 Å². The number of thiazole rings is 1. The number of phenolic OH excluding ortho intramolecular Hbond substituents is 1. The van der Waals surface area contributed by atoms with Gasteiger partial charge in [0.05, 0.1) is 4.70 Å². The number of anilines is 1. The minimum absolute atomic E-state index is 0.285. The van der Waals surface area contributed by atoms with Crippen molar-refractivity contribution in [2.24, 2.45) is 0 Å². The highest BCUT2D eigenvalue weighted by molar-refractivity contribution is 7.22. The quantitative estimate of drug-likeness (QED) is 0.940. The summed E-state index contributed by atoms with van der Waals surface area (Å²) in [5.41, 5.74) is 0.739. The Kier molecular flexibility index (Phi) is 4.31. The third kappa shape index (κ3) is 2.85. The lowest BCUT2D eigenvalue weighted by Crippen LogP contribution is -2.44. The van der Waals surface area contributed by atoms with Gasteiger partial charge < -0.3 is 14.9 Å². The highest BCUT2D eigenvalue weighted by Crippen LogP contribution is 2.34. The van der Waals surface area contributed by atoms with Gasteiger partial charge in [0.1, 0.15) is 11.3 Å². The van der Waals surface area contributed by atoms with Crippen LogP contribution in [0.3, 0.4) is 0 Å². The van der Waals surface area contributed by atoms with E-state index in [2.05, 4.69) is 28.6 Å². The number of hydrogen-bond acceptors (Lipinski definition) is 5. The maximum absolute atomic E-state index is 9.88. The smallest absolute Gasteiger partial charge is 0.186 e. The molecule has 1 aromatic heterocycles. The van der Waals surface area contributed by atoms with E-state index in [-0.39, 0.29) is 5.75 Å². The van der Waals surface area contributed by atoms with Crippen LogP contribution in [0, 0.1) is 0 Å². The minimum atomic E-state index is 0.285. The largest absolute Gasteiger partial charge is 0.506 e. The summed E-state index contributed by atoms with van der Waals surface area (Å²) >= 11 is 1.68. The van der Waals surface area contributed by atoms with Crippen LogP contribution in [0.1, 0.15) is 26.7 Å². The predicted octanol–water partition coefficient (Wildman–Crippen LogP) is 3.31. The second-order valence-corrected chi connectivity index (χ2v) is 6.57. The summed E-state index contributed by atoms with van der Waals surface area (Å²) in [6, 6.07) is 6.32. The third-order valence-electron chi connectivity index (χ3n) is 4.45.